The number of piperazine rings is 1. The molecule has 1 aliphatic carbocycles. The summed E-state index contributed by atoms with van der Waals surface area (Å²) in [7, 11) is 0. The topological polar surface area (TPSA) is 125 Å². The van der Waals surface area contributed by atoms with E-state index in [1.54, 1.807) is 0 Å². The van der Waals surface area contributed by atoms with Crippen LogP contribution in [0.2, 0.25) is 0 Å². The van der Waals surface area contributed by atoms with Crippen molar-refractivity contribution < 1.29 is 4.52 Å². The fourth-order valence-electron chi connectivity index (χ4n) is 5.75. The zero-order chi connectivity index (χ0) is 24.9. The Bertz CT molecular complexity index is 1410. The summed E-state index contributed by atoms with van der Waals surface area (Å²) in [6.45, 7) is 5.21. The normalized spacial score (nSPS) is 21.2. The van der Waals surface area contributed by atoms with Crippen molar-refractivity contribution in [3.63, 3.8) is 0 Å². The summed E-state index contributed by atoms with van der Waals surface area (Å²) in [4.78, 5) is 14.6. The first-order valence-electron chi connectivity index (χ1n) is 13.0. The Morgan fingerprint density at radius 1 is 1.11 bits per heavy atom. The quantitative estimate of drug-likeness (QED) is 0.334. The van der Waals surface area contributed by atoms with Crippen LogP contribution >= 0.6 is 0 Å². The second-order valence-corrected chi connectivity index (χ2v) is 10.5. The number of H-pyrrole nitrogens is 1. The van der Waals surface area contributed by atoms with Crippen LogP contribution in [0.25, 0.3) is 11.3 Å². The van der Waals surface area contributed by atoms with E-state index in [0.717, 1.165) is 54.6 Å². The number of fused-ring (bicyclic) bond motifs is 2. The van der Waals surface area contributed by atoms with Crippen molar-refractivity contribution in [1.29, 1.82) is 0 Å². The maximum atomic E-state index is 6.61. The summed E-state index contributed by atoms with van der Waals surface area (Å²) in [5.41, 5.74) is 11.6. The molecule has 0 radical (unpaired) electrons. The number of hydrogen-bond donors (Lipinski definition) is 3. The summed E-state index contributed by atoms with van der Waals surface area (Å²) in [5.74, 6) is 3.06. The van der Waals surface area contributed by atoms with Crippen molar-refractivity contribution >= 4 is 17.6 Å². The Balaban J connectivity index is 1.18. The van der Waals surface area contributed by atoms with Gasteiger partial charge in [0.05, 0.1) is 23.5 Å². The number of nitrogens with one attached hydrogen (secondary N) is 2. The lowest BCUT2D eigenvalue weighted by atomic mass is 10.1. The molecule has 4 aromatic rings. The predicted molar refractivity (Wildman–Crippen MR) is 141 cm³/mol. The molecule has 3 aromatic heterocycles. The van der Waals surface area contributed by atoms with Crippen LogP contribution in [-0.2, 0) is 13.1 Å². The molecule has 37 heavy (non-hydrogen) atoms. The highest BCUT2D eigenvalue weighted by molar-refractivity contribution is 5.84. The molecule has 5 heterocycles. The molecule has 1 aromatic carbocycles. The molecule has 10 nitrogen and oxygen atoms in total. The number of nitrogens with two attached hydrogens (primary N) is 1. The van der Waals surface area contributed by atoms with E-state index < -0.39 is 0 Å². The zero-order valence-corrected chi connectivity index (χ0v) is 20.9. The average molecular weight is 498 g/mol. The number of nitrogens with zero attached hydrogens (tertiary/aromatic N) is 6. The minimum atomic E-state index is 0.369. The SMILES string of the molecule is Cc1cc(CNc2nc(N)c(-c3cc(C4CC4)[nH]n3)c(N3C[C@H]4C[C@@H]3CN4Cc3ccccc3)n2)on1. The minimum absolute atomic E-state index is 0.369. The van der Waals surface area contributed by atoms with Gasteiger partial charge in [-0.3, -0.25) is 10.00 Å². The van der Waals surface area contributed by atoms with Gasteiger partial charge in [-0.1, -0.05) is 35.5 Å². The molecule has 3 aliphatic rings. The number of nitrogen functional groups attached to an aromatic ring is 1. The van der Waals surface area contributed by atoms with Crippen LogP contribution in [0.4, 0.5) is 17.6 Å². The van der Waals surface area contributed by atoms with Crippen LogP contribution in [0.15, 0.2) is 47.0 Å². The summed E-state index contributed by atoms with van der Waals surface area (Å²) < 4.78 is 5.34. The number of likely N-dealkylation sites (tertiary alicyclic amines) is 1. The molecular formula is C27H31N9O. The molecule has 2 atom stereocenters. The van der Waals surface area contributed by atoms with Gasteiger partial charge < -0.3 is 20.5 Å². The Morgan fingerprint density at radius 3 is 2.70 bits per heavy atom. The molecule has 0 spiro atoms. The number of hydrogen-bond acceptors (Lipinski definition) is 9. The van der Waals surface area contributed by atoms with E-state index in [0.29, 0.717) is 36.3 Å². The molecule has 3 fully saturated rings. The van der Waals surface area contributed by atoms with E-state index >= 15 is 0 Å². The molecule has 0 unspecified atom stereocenters. The van der Waals surface area contributed by atoms with Crippen LogP contribution in [0, 0.1) is 6.92 Å². The zero-order valence-electron chi connectivity index (χ0n) is 20.9. The Morgan fingerprint density at radius 2 is 1.97 bits per heavy atom. The van der Waals surface area contributed by atoms with Crippen molar-refractivity contribution in [2.75, 3.05) is 29.0 Å². The van der Waals surface area contributed by atoms with Gasteiger partial charge >= 0.3 is 0 Å². The summed E-state index contributed by atoms with van der Waals surface area (Å²) >= 11 is 0. The Hall–Kier alpha value is -3.92. The van der Waals surface area contributed by atoms with E-state index in [1.807, 2.05) is 13.0 Å². The van der Waals surface area contributed by atoms with Crippen molar-refractivity contribution in [1.82, 2.24) is 30.2 Å². The van der Waals surface area contributed by atoms with Gasteiger partial charge in [0.2, 0.25) is 5.95 Å². The molecule has 10 heteroatoms. The number of rotatable bonds is 8. The van der Waals surface area contributed by atoms with Crippen LogP contribution in [0.1, 0.15) is 47.9 Å². The van der Waals surface area contributed by atoms with Crippen molar-refractivity contribution in [3.8, 4) is 11.3 Å². The van der Waals surface area contributed by atoms with Crippen LogP contribution in [0.5, 0.6) is 0 Å². The van der Waals surface area contributed by atoms with E-state index in [-0.39, 0.29) is 0 Å². The van der Waals surface area contributed by atoms with E-state index in [4.69, 9.17) is 15.2 Å². The molecule has 2 saturated heterocycles. The molecule has 190 valence electrons. The second kappa shape index (κ2) is 8.88. The summed E-state index contributed by atoms with van der Waals surface area (Å²) in [5, 5.41) is 15.1. The maximum absolute atomic E-state index is 6.61. The Labute approximate surface area is 215 Å². The largest absolute Gasteiger partial charge is 0.383 e. The number of benzene rings is 1. The fourth-order valence-corrected chi connectivity index (χ4v) is 5.75. The number of aromatic amines is 1. The maximum Gasteiger partial charge on any atom is 0.227 e. The van der Waals surface area contributed by atoms with Gasteiger partial charge in [-0.05, 0) is 37.8 Å². The molecule has 4 N–H and O–H groups in total. The smallest absolute Gasteiger partial charge is 0.227 e. The summed E-state index contributed by atoms with van der Waals surface area (Å²) in [6, 6.07) is 15.6. The van der Waals surface area contributed by atoms with Gasteiger partial charge in [0.15, 0.2) is 5.76 Å². The van der Waals surface area contributed by atoms with Crippen LogP contribution < -0.4 is 16.0 Å². The monoisotopic (exact) mass is 497 g/mol. The van der Waals surface area contributed by atoms with Gasteiger partial charge in [-0.2, -0.15) is 15.1 Å². The lowest BCUT2D eigenvalue weighted by Crippen LogP contribution is -2.46. The van der Waals surface area contributed by atoms with Crippen LogP contribution in [0.3, 0.4) is 0 Å². The van der Waals surface area contributed by atoms with Crippen molar-refractivity contribution in [3.05, 3.63) is 65.2 Å². The third-order valence-corrected chi connectivity index (χ3v) is 7.74. The third kappa shape index (κ3) is 4.31. The molecule has 0 amide bonds. The first-order chi connectivity index (χ1) is 18.1. The molecule has 1 saturated carbocycles. The third-order valence-electron chi connectivity index (χ3n) is 7.74. The lowest BCUT2D eigenvalue weighted by molar-refractivity contribution is 0.230. The van der Waals surface area contributed by atoms with E-state index in [1.165, 1.54) is 24.1 Å². The summed E-state index contributed by atoms with van der Waals surface area (Å²) in [6.07, 6.45) is 3.53. The fraction of sp³-hybridized carbons (Fsp3) is 0.407. The van der Waals surface area contributed by atoms with Gasteiger partial charge in [0.25, 0.3) is 0 Å². The van der Waals surface area contributed by atoms with Crippen molar-refractivity contribution in [2.24, 2.45) is 0 Å². The number of aryl methyl sites for hydroxylation is 1. The first kappa shape index (κ1) is 22.3. The highest BCUT2D eigenvalue weighted by Gasteiger charge is 2.45. The molecule has 2 aliphatic heterocycles. The van der Waals surface area contributed by atoms with E-state index in [2.05, 4.69) is 71.9 Å². The number of aromatic nitrogens is 5. The average Bonchev–Trinajstić information content (AvgIpc) is 3.23. The van der Waals surface area contributed by atoms with Crippen LogP contribution in [-0.4, -0.2) is 55.4 Å². The van der Waals surface area contributed by atoms with E-state index in [9.17, 15) is 0 Å². The highest BCUT2D eigenvalue weighted by atomic mass is 16.5. The first-order valence-corrected chi connectivity index (χ1v) is 13.0. The van der Waals surface area contributed by atoms with Crippen molar-refractivity contribution in [2.45, 2.75) is 57.3 Å². The standard InChI is InChI=1S/C27H31N9O/c1-16-9-21(37-34-16)12-29-27-30-25(28)24(23-11-22(32-33-23)18-7-8-18)26(31-27)36-15-19-10-20(36)14-35(19)13-17-5-3-2-4-6-17/h2-6,9,11,18-20H,7-8,10,12-15H2,1H3,(H,32,33)(H3,28,29,30,31)/t19-,20-/m1/s1. The lowest BCUT2D eigenvalue weighted by Gasteiger charge is -2.36. The van der Waals surface area contributed by atoms with Gasteiger partial charge in [0.1, 0.15) is 11.6 Å². The van der Waals surface area contributed by atoms with Gasteiger partial charge in [-0.25, -0.2) is 0 Å². The Kier molecular flexibility index (Phi) is 5.35. The second-order valence-electron chi connectivity index (χ2n) is 10.5. The minimum Gasteiger partial charge on any atom is -0.383 e. The predicted octanol–water partition coefficient (Wildman–Crippen LogP) is 3.70. The molecule has 2 bridgehead atoms. The highest BCUT2D eigenvalue weighted by Crippen LogP contribution is 2.44. The van der Waals surface area contributed by atoms with Gasteiger partial charge in [-0.15, -0.1) is 0 Å². The molecular weight excluding hydrogens is 466 g/mol. The number of anilines is 3. The molecule has 7 rings (SSSR count). The van der Waals surface area contributed by atoms with Gasteiger partial charge in [0, 0.05) is 49.4 Å².